The Hall–Kier alpha value is -2.49. The predicted molar refractivity (Wildman–Crippen MR) is 71.5 cm³/mol. The van der Waals surface area contributed by atoms with Crippen LogP contribution in [0.3, 0.4) is 0 Å². The Morgan fingerprint density at radius 1 is 1.17 bits per heavy atom. The zero-order valence-electron chi connectivity index (χ0n) is 9.91. The van der Waals surface area contributed by atoms with E-state index in [4.69, 9.17) is 0 Å². The van der Waals surface area contributed by atoms with Gasteiger partial charge in [0, 0.05) is 18.3 Å². The highest BCUT2D eigenvalue weighted by molar-refractivity contribution is 5.82. The lowest BCUT2D eigenvalue weighted by molar-refractivity contribution is -0.384. The van der Waals surface area contributed by atoms with Crippen molar-refractivity contribution >= 4 is 17.6 Å². The number of nitro benzene ring substituents is 1. The quantitative estimate of drug-likeness (QED) is 0.467. The first-order valence-electron chi connectivity index (χ1n) is 5.50. The fourth-order valence-electron chi connectivity index (χ4n) is 1.56. The molecule has 2 aromatic carbocycles. The van der Waals surface area contributed by atoms with Crippen molar-refractivity contribution in [3.63, 3.8) is 0 Å². The Balaban J connectivity index is 2.16. The van der Waals surface area contributed by atoms with Gasteiger partial charge in [-0.3, -0.25) is 15.1 Å². The van der Waals surface area contributed by atoms with Gasteiger partial charge in [0.1, 0.15) is 0 Å². The Labute approximate surface area is 105 Å². The SMILES string of the molecule is Cc1cccc(C=Nc2ccc([N+](=O)[O-])cc2)c1. The highest BCUT2D eigenvalue weighted by Crippen LogP contribution is 2.17. The van der Waals surface area contributed by atoms with E-state index in [1.807, 2.05) is 31.2 Å². The third-order valence-corrected chi connectivity index (χ3v) is 2.47. The molecule has 0 bridgehead atoms. The summed E-state index contributed by atoms with van der Waals surface area (Å²) in [6.07, 6.45) is 1.74. The minimum atomic E-state index is -0.423. The van der Waals surface area contributed by atoms with Crippen LogP contribution in [0.2, 0.25) is 0 Å². The van der Waals surface area contributed by atoms with Crippen LogP contribution < -0.4 is 0 Å². The lowest BCUT2D eigenvalue weighted by Gasteiger charge is -1.96. The van der Waals surface area contributed by atoms with Crippen molar-refractivity contribution < 1.29 is 4.92 Å². The molecule has 0 aromatic heterocycles. The molecule has 0 unspecified atom stereocenters. The van der Waals surface area contributed by atoms with E-state index >= 15 is 0 Å². The molecule has 2 aromatic rings. The van der Waals surface area contributed by atoms with E-state index in [1.165, 1.54) is 17.7 Å². The zero-order chi connectivity index (χ0) is 13.0. The van der Waals surface area contributed by atoms with Gasteiger partial charge in [-0.05, 0) is 24.6 Å². The van der Waals surface area contributed by atoms with Crippen LogP contribution in [0, 0.1) is 17.0 Å². The maximum Gasteiger partial charge on any atom is 0.269 e. The number of rotatable bonds is 3. The van der Waals surface area contributed by atoms with Gasteiger partial charge in [0.2, 0.25) is 0 Å². The first-order chi connectivity index (χ1) is 8.65. The third-order valence-electron chi connectivity index (χ3n) is 2.47. The number of hydrogen-bond acceptors (Lipinski definition) is 3. The van der Waals surface area contributed by atoms with Crippen LogP contribution in [0.1, 0.15) is 11.1 Å². The van der Waals surface area contributed by atoms with E-state index in [9.17, 15) is 10.1 Å². The van der Waals surface area contributed by atoms with Crippen molar-refractivity contribution in [2.45, 2.75) is 6.92 Å². The maximum atomic E-state index is 10.5. The molecule has 0 heterocycles. The minimum absolute atomic E-state index is 0.0736. The van der Waals surface area contributed by atoms with Gasteiger partial charge in [0.05, 0.1) is 10.6 Å². The van der Waals surface area contributed by atoms with Crippen molar-refractivity contribution in [2.24, 2.45) is 4.99 Å². The van der Waals surface area contributed by atoms with Gasteiger partial charge in [0.15, 0.2) is 0 Å². The third kappa shape index (κ3) is 3.01. The summed E-state index contributed by atoms with van der Waals surface area (Å²) in [5.74, 6) is 0. The Morgan fingerprint density at radius 2 is 1.89 bits per heavy atom. The fourth-order valence-corrected chi connectivity index (χ4v) is 1.56. The highest BCUT2D eigenvalue weighted by Gasteiger charge is 2.02. The molecular formula is C14H12N2O2. The molecule has 0 aliphatic rings. The molecule has 4 heteroatoms. The van der Waals surface area contributed by atoms with Crippen molar-refractivity contribution in [3.8, 4) is 0 Å². The number of nitrogens with zero attached hydrogens (tertiary/aromatic N) is 2. The number of hydrogen-bond donors (Lipinski definition) is 0. The van der Waals surface area contributed by atoms with Crippen molar-refractivity contribution in [2.75, 3.05) is 0 Å². The van der Waals surface area contributed by atoms with E-state index in [0.29, 0.717) is 5.69 Å². The molecule has 0 aliphatic heterocycles. The Kier molecular flexibility index (Phi) is 3.48. The molecule has 4 nitrogen and oxygen atoms in total. The molecule has 0 amide bonds. The van der Waals surface area contributed by atoms with Crippen LogP contribution in [0.4, 0.5) is 11.4 Å². The molecule has 0 atom stereocenters. The van der Waals surface area contributed by atoms with Crippen molar-refractivity contribution in [3.05, 3.63) is 69.8 Å². The molecule has 0 N–H and O–H groups in total. The summed E-state index contributed by atoms with van der Waals surface area (Å²) < 4.78 is 0. The lowest BCUT2D eigenvalue weighted by atomic mass is 10.1. The van der Waals surface area contributed by atoms with Gasteiger partial charge in [-0.2, -0.15) is 0 Å². The molecule has 2 rings (SSSR count). The normalized spacial score (nSPS) is 10.7. The summed E-state index contributed by atoms with van der Waals surface area (Å²) in [6, 6.07) is 14.1. The van der Waals surface area contributed by atoms with Gasteiger partial charge >= 0.3 is 0 Å². The number of benzene rings is 2. The minimum Gasteiger partial charge on any atom is -0.258 e. The molecule has 0 aliphatic carbocycles. The average molecular weight is 240 g/mol. The number of aryl methyl sites for hydroxylation is 1. The number of non-ortho nitro benzene ring substituents is 1. The standard InChI is InChI=1S/C14H12N2O2/c1-11-3-2-4-12(9-11)10-15-13-5-7-14(8-6-13)16(17)18/h2-10H,1H3. The van der Waals surface area contributed by atoms with Crippen LogP contribution in [-0.2, 0) is 0 Å². The zero-order valence-corrected chi connectivity index (χ0v) is 9.91. The fraction of sp³-hybridized carbons (Fsp3) is 0.0714. The number of nitro groups is 1. The van der Waals surface area contributed by atoms with E-state index in [2.05, 4.69) is 4.99 Å². The van der Waals surface area contributed by atoms with E-state index in [1.54, 1.807) is 18.3 Å². The molecule has 0 radical (unpaired) electrons. The molecular weight excluding hydrogens is 228 g/mol. The van der Waals surface area contributed by atoms with E-state index in [0.717, 1.165) is 5.56 Å². The van der Waals surface area contributed by atoms with E-state index in [-0.39, 0.29) is 5.69 Å². The molecule has 0 saturated carbocycles. The molecule has 90 valence electrons. The second-order valence-corrected chi connectivity index (χ2v) is 3.95. The molecule has 0 spiro atoms. The van der Waals surface area contributed by atoms with Crippen molar-refractivity contribution in [1.82, 2.24) is 0 Å². The van der Waals surface area contributed by atoms with Crippen LogP contribution in [0.25, 0.3) is 0 Å². The summed E-state index contributed by atoms with van der Waals surface area (Å²) in [4.78, 5) is 14.3. The van der Waals surface area contributed by atoms with E-state index < -0.39 is 4.92 Å². The molecule has 18 heavy (non-hydrogen) atoms. The van der Waals surface area contributed by atoms with Crippen LogP contribution >= 0.6 is 0 Å². The Bertz CT molecular complexity index is 589. The topological polar surface area (TPSA) is 55.5 Å². The second kappa shape index (κ2) is 5.23. The molecule has 0 saturated heterocycles. The molecule has 0 fully saturated rings. The summed E-state index contributed by atoms with van der Waals surface area (Å²) in [7, 11) is 0. The summed E-state index contributed by atoms with van der Waals surface area (Å²) in [5.41, 5.74) is 2.95. The summed E-state index contributed by atoms with van der Waals surface area (Å²) >= 11 is 0. The first kappa shape index (κ1) is 12.0. The van der Waals surface area contributed by atoms with Crippen LogP contribution in [0.15, 0.2) is 53.5 Å². The number of aliphatic imine (C=N–C) groups is 1. The summed E-state index contributed by atoms with van der Waals surface area (Å²) in [6.45, 7) is 2.02. The van der Waals surface area contributed by atoms with Gasteiger partial charge in [-0.25, -0.2) is 0 Å². The largest absolute Gasteiger partial charge is 0.269 e. The highest BCUT2D eigenvalue weighted by atomic mass is 16.6. The summed E-state index contributed by atoms with van der Waals surface area (Å²) in [5, 5.41) is 10.5. The average Bonchev–Trinajstić information content (AvgIpc) is 2.37. The van der Waals surface area contributed by atoms with Crippen LogP contribution in [0.5, 0.6) is 0 Å². The predicted octanol–water partition coefficient (Wildman–Crippen LogP) is 3.65. The first-order valence-corrected chi connectivity index (χ1v) is 5.50. The van der Waals surface area contributed by atoms with Gasteiger partial charge in [0.25, 0.3) is 5.69 Å². The Morgan fingerprint density at radius 3 is 2.50 bits per heavy atom. The smallest absolute Gasteiger partial charge is 0.258 e. The van der Waals surface area contributed by atoms with Gasteiger partial charge < -0.3 is 0 Å². The monoisotopic (exact) mass is 240 g/mol. The maximum absolute atomic E-state index is 10.5. The second-order valence-electron chi connectivity index (χ2n) is 3.95. The van der Waals surface area contributed by atoms with Gasteiger partial charge in [-0.1, -0.05) is 29.8 Å². The van der Waals surface area contributed by atoms with Gasteiger partial charge in [-0.15, -0.1) is 0 Å². The van der Waals surface area contributed by atoms with Crippen molar-refractivity contribution in [1.29, 1.82) is 0 Å². The lowest BCUT2D eigenvalue weighted by Crippen LogP contribution is -1.86. The van der Waals surface area contributed by atoms with Crippen LogP contribution in [-0.4, -0.2) is 11.1 Å².